The molecule has 1 unspecified atom stereocenters. The second-order valence-electron chi connectivity index (χ2n) is 1.85. The van der Waals surface area contributed by atoms with Crippen LogP contribution in [0.3, 0.4) is 0 Å². The standard InChI is InChI=1S/C6H7NO2S/c1-5-3-2-4-6(7-5)10(8)9/h2-4H,1H3,(H,8,9)/p-1. The van der Waals surface area contributed by atoms with Crippen LogP contribution in [0.1, 0.15) is 5.69 Å². The van der Waals surface area contributed by atoms with Crippen LogP contribution in [0.15, 0.2) is 23.2 Å². The van der Waals surface area contributed by atoms with Crippen LogP contribution in [0.4, 0.5) is 0 Å². The zero-order valence-electron chi connectivity index (χ0n) is 5.40. The molecule has 0 amide bonds. The molecule has 0 aliphatic heterocycles. The van der Waals surface area contributed by atoms with Crippen molar-refractivity contribution in [3.63, 3.8) is 0 Å². The van der Waals surface area contributed by atoms with Crippen molar-refractivity contribution in [2.45, 2.75) is 11.9 Å². The molecular weight excluding hydrogens is 150 g/mol. The summed E-state index contributed by atoms with van der Waals surface area (Å²) in [6.45, 7) is 1.75. The van der Waals surface area contributed by atoms with E-state index in [1.165, 1.54) is 6.07 Å². The molecule has 0 radical (unpaired) electrons. The minimum Gasteiger partial charge on any atom is -0.767 e. The van der Waals surface area contributed by atoms with Gasteiger partial charge in [-0.25, -0.2) is 4.98 Å². The van der Waals surface area contributed by atoms with Crippen LogP contribution < -0.4 is 0 Å². The molecule has 1 aromatic heterocycles. The molecule has 0 aliphatic carbocycles. The second-order valence-corrected chi connectivity index (χ2v) is 2.74. The molecule has 3 nitrogen and oxygen atoms in total. The monoisotopic (exact) mass is 156 g/mol. The fraction of sp³-hybridized carbons (Fsp3) is 0.167. The molecule has 0 aliphatic rings. The summed E-state index contributed by atoms with van der Waals surface area (Å²) in [5.41, 5.74) is 0.710. The van der Waals surface area contributed by atoms with Crippen molar-refractivity contribution >= 4 is 11.1 Å². The Kier molecular flexibility index (Phi) is 2.13. The lowest BCUT2D eigenvalue weighted by Gasteiger charge is -2.02. The highest BCUT2D eigenvalue weighted by molar-refractivity contribution is 7.79. The Morgan fingerprint density at radius 2 is 2.30 bits per heavy atom. The fourth-order valence-corrected chi connectivity index (χ4v) is 1.02. The van der Waals surface area contributed by atoms with Gasteiger partial charge in [-0.3, -0.25) is 4.21 Å². The van der Waals surface area contributed by atoms with Crippen LogP contribution in [-0.2, 0) is 11.1 Å². The lowest BCUT2D eigenvalue weighted by molar-refractivity contribution is 0.533. The van der Waals surface area contributed by atoms with Gasteiger partial charge in [0.2, 0.25) is 0 Å². The van der Waals surface area contributed by atoms with Crippen molar-refractivity contribution in [2.75, 3.05) is 0 Å². The molecule has 0 saturated heterocycles. The van der Waals surface area contributed by atoms with Crippen molar-refractivity contribution in [1.29, 1.82) is 0 Å². The summed E-state index contributed by atoms with van der Waals surface area (Å²) in [7, 11) is 0. The maximum Gasteiger partial charge on any atom is 0.113 e. The van der Waals surface area contributed by atoms with E-state index < -0.39 is 11.1 Å². The molecule has 0 N–H and O–H groups in total. The van der Waals surface area contributed by atoms with E-state index in [1.807, 2.05) is 0 Å². The topological polar surface area (TPSA) is 53.0 Å². The highest BCUT2D eigenvalue weighted by atomic mass is 32.2. The van der Waals surface area contributed by atoms with E-state index in [1.54, 1.807) is 19.1 Å². The largest absolute Gasteiger partial charge is 0.767 e. The summed E-state index contributed by atoms with van der Waals surface area (Å²) in [5.74, 6) is 0. The molecule has 54 valence electrons. The molecule has 0 saturated carbocycles. The van der Waals surface area contributed by atoms with Gasteiger partial charge < -0.3 is 4.55 Å². The van der Waals surface area contributed by atoms with Gasteiger partial charge in [0, 0.05) is 5.69 Å². The Balaban J connectivity index is 3.07. The van der Waals surface area contributed by atoms with Crippen LogP contribution in [0, 0.1) is 6.92 Å². The number of hydrogen-bond acceptors (Lipinski definition) is 3. The Morgan fingerprint density at radius 1 is 1.60 bits per heavy atom. The van der Waals surface area contributed by atoms with Crippen molar-refractivity contribution in [1.82, 2.24) is 4.98 Å². The van der Waals surface area contributed by atoms with Gasteiger partial charge in [0.25, 0.3) is 0 Å². The predicted molar refractivity (Wildman–Crippen MR) is 36.2 cm³/mol. The zero-order valence-corrected chi connectivity index (χ0v) is 6.22. The van der Waals surface area contributed by atoms with Crippen LogP contribution in [0.2, 0.25) is 0 Å². The quantitative estimate of drug-likeness (QED) is 0.560. The van der Waals surface area contributed by atoms with Gasteiger partial charge in [-0.2, -0.15) is 0 Å². The number of pyridine rings is 1. The molecule has 1 heterocycles. The number of rotatable bonds is 1. The summed E-state index contributed by atoms with van der Waals surface area (Å²) in [4.78, 5) is 3.76. The van der Waals surface area contributed by atoms with Crippen LogP contribution >= 0.6 is 0 Å². The first-order valence-electron chi connectivity index (χ1n) is 2.73. The third-order valence-electron chi connectivity index (χ3n) is 1.03. The molecular formula is C6H6NO2S-. The third kappa shape index (κ3) is 1.62. The van der Waals surface area contributed by atoms with Gasteiger partial charge in [0.05, 0.1) is 0 Å². The van der Waals surface area contributed by atoms with E-state index in [0.717, 1.165) is 0 Å². The van der Waals surface area contributed by atoms with Crippen LogP contribution in [0.25, 0.3) is 0 Å². The van der Waals surface area contributed by atoms with Gasteiger partial charge in [0.1, 0.15) is 5.03 Å². The molecule has 0 fully saturated rings. The predicted octanol–water partition coefficient (Wildman–Crippen LogP) is 0.628. The molecule has 0 aromatic carbocycles. The van der Waals surface area contributed by atoms with Crippen molar-refractivity contribution in [3.8, 4) is 0 Å². The lowest BCUT2D eigenvalue weighted by atomic mass is 10.4. The third-order valence-corrected chi connectivity index (χ3v) is 1.60. The summed E-state index contributed by atoms with van der Waals surface area (Å²) in [5, 5.41) is 0.0972. The van der Waals surface area contributed by atoms with Crippen LogP contribution in [-0.4, -0.2) is 13.7 Å². The molecule has 1 rings (SSSR count). The summed E-state index contributed by atoms with van der Waals surface area (Å²) < 4.78 is 20.6. The zero-order chi connectivity index (χ0) is 7.56. The summed E-state index contributed by atoms with van der Waals surface area (Å²) in [6, 6.07) is 4.86. The summed E-state index contributed by atoms with van der Waals surface area (Å²) >= 11 is -2.20. The Morgan fingerprint density at radius 3 is 2.70 bits per heavy atom. The van der Waals surface area contributed by atoms with Crippen molar-refractivity contribution in [2.24, 2.45) is 0 Å². The van der Waals surface area contributed by atoms with Gasteiger partial charge in [0.15, 0.2) is 0 Å². The van der Waals surface area contributed by atoms with Gasteiger partial charge in [-0.1, -0.05) is 6.07 Å². The van der Waals surface area contributed by atoms with E-state index >= 15 is 0 Å². The normalized spacial score (nSPS) is 13.0. The number of hydrogen-bond donors (Lipinski definition) is 0. The molecule has 0 bridgehead atoms. The summed E-state index contributed by atoms with van der Waals surface area (Å²) in [6.07, 6.45) is 0. The first kappa shape index (κ1) is 7.37. The second kappa shape index (κ2) is 2.90. The average Bonchev–Trinajstić information content (AvgIpc) is 1.88. The molecule has 1 aromatic rings. The maximum absolute atomic E-state index is 10.3. The lowest BCUT2D eigenvalue weighted by Crippen LogP contribution is -1.93. The smallest absolute Gasteiger partial charge is 0.113 e. The van der Waals surface area contributed by atoms with Gasteiger partial charge in [-0.15, -0.1) is 0 Å². The molecule has 10 heavy (non-hydrogen) atoms. The van der Waals surface area contributed by atoms with E-state index in [9.17, 15) is 8.76 Å². The number of aryl methyl sites for hydroxylation is 1. The first-order chi connectivity index (χ1) is 4.70. The Labute approximate surface area is 61.4 Å². The maximum atomic E-state index is 10.3. The fourth-order valence-electron chi connectivity index (χ4n) is 0.611. The van der Waals surface area contributed by atoms with E-state index in [-0.39, 0.29) is 5.03 Å². The number of nitrogens with zero attached hydrogens (tertiary/aromatic N) is 1. The van der Waals surface area contributed by atoms with E-state index in [4.69, 9.17) is 0 Å². The highest BCUT2D eigenvalue weighted by Gasteiger charge is 1.91. The highest BCUT2D eigenvalue weighted by Crippen LogP contribution is 2.00. The van der Waals surface area contributed by atoms with Gasteiger partial charge in [-0.05, 0) is 30.1 Å². The average molecular weight is 156 g/mol. The number of aromatic nitrogens is 1. The van der Waals surface area contributed by atoms with Crippen molar-refractivity contribution in [3.05, 3.63) is 23.9 Å². The minimum absolute atomic E-state index is 0.0972. The van der Waals surface area contributed by atoms with E-state index in [2.05, 4.69) is 4.98 Å². The Bertz CT molecular complexity index is 262. The van der Waals surface area contributed by atoms with Gasteiger partial charge >= 0.3 is 0 Å². The SMILES string of the molecule is Cc1cccc(S(=O)[O-])n1. The minimum atomic E-state index is -2.20. The molecule has 1 atom stereocenters. The van der Waals surface area contributed by atoms with E-state index in [0.29, 0.717) is 5.69 Å². The first-order valence-corrected chi connectivity index (χ1v) is 3.80. The molecule has 0 spiro atoms. The molecule has 4 heteroatoms. The van der Waals surface area contributed by atoms with Crippen LogP contribution in [0.5, 0.6) is 0 Å². The Hall–Kier alpha value is -0.740. The van der Waals surface area contributed by atoms with Crippen molar-refractivity contribution < 1.29 is 8.76 Å².